The standard InChI is InChI=1S/C19H24N2O3S.C4H4O4/c1-25(23,24)18-9-7-16(8-10-18)19(22)15-20-11-13-21(14-12-20)17-5-3-2-4-6-17;5-3(6)1-2-4(7)8/h2-10,19,22H,11-15H2,1H3;1-2H,(H,5,6)(H,7,8)/p-2. The summed E-state index contributed by atoms with van der Waals surface area (Å²) in [6.07, 6.45) is 1.34. The SMILES string of the molecule is CS(=O)(=O)c1ccc(C(O)CN2CCN(c3ccccc3)CC2)cc1.O=C([O-])C=CC(=O)[O-]. The average molecular weight is 475 g/mol. The molecule has 0 aliphatic carbocycles. The van der Waals surface area contributed by atoms with Crippen LogP contribution in [0.4, 0.5) is 5.69 Å². The maximum atomic E-state index is 11.5. The van der Waals surface area contributed by atoms with Crippen molar-refractivity contribution in [2.45, 2.75) is 11.0 Å². The summed E-state index contributed by atoms with van der Waals surface area (Å²) >= 11 is 0. The highest BCUT2D eigenvalue weighted by Crippen LogP contribution is 2.20. The molecule has 1 aliphatic rings. The lowest BCUT2D eigenvalue weighted by Gasteiger charge is -2.37. The summed E-state index contributed by atoms with van der Waals surface area (Å²) in [6, 6.07) is 16.9. The Labute approximate surface area is 193 Å². The number of piperazine rings is 1. The van der Waals surface area contributed by atoms with E-state index in [9.17, 15) is 33.3 Å². The van der Waals surface area contributed by atoms with Gasteiger partial charge in [0.2, 0.25) is 0 Å². The van der Waals surface area contributed by atoms with Crippen LogP contribution in [0.1, 0.15) is 11.7 Å². The molecule has 10 heteroatoms. The molecule has 33 heavy (non-hydrogen) atoms. The minimum atomic E-state index is -3.20. The van der Waals surface area contributed by atoms with Crippen molar-refractivity contribution >= 4 is 27.5 Å². The van der Waals surface area contributed by atoms with Crippen LogP contribution in [0.2, 0.25) is 0 Å². The van der Waals surface area contributed by atoms with Gasteiger partial charge in [-0.2, -0.15) is 0 Å². The maximum absolute atomic E-state index is 11.5. The Hall–Kier alpha value is -3.21. The van der Waals surface area contributed by atoms with Crippen LogP contribution < -0.4 is 15.1 Å². The van der Waals surface area contributed by atoms with Gasteiger partial charge in [-0.1, -0.05) is 30.3 Å². The second-order valence-electron chi connectivity index (χ2n) is 7.45. The molecule has 2 aromatic carbocycles. The number of carboxylic acids is 2. The number of hydrogen-bond acceptors (Lipinski definition) is 9. The van der Waals surface area contributed by atoms with Gasteiger partial charge < -0.3 is 29.8 Å². The molecular weight excluding hydrogens is 448 g/mol. The lowest BCUT2D eigenvalue weighted by atomic mass is 10.1. The number of para-hydroxylation sites is 1. The predicted molar refractivity (Wildman–Crippen MR) is 119 cm³/mol. The number of β-amino-alcohol motifs (C(OH)–C–C–N with tert-alkyl or cyclic N) is 1. The highest BCUT2D eigenvalue weighted by atomic mass is 32.2. The third-order valence-corrected chi connectivity index (χ3v) is 6.10. The number of benzene rings is 2. The molecule has 3 rings (SSSR count). The van der Waals surface area contributed by atoms with E-state index in [1.807, 2.05) is 18.2 Å². The van der Waals surface area contributed by atoms with E-state index in [4.69, 9.17) is 0 Å². The van der Waals surface area contributed by atoms with Gasteiger partial charge in [0.15, 0.2) is 9.84 Å². The number of aliphatic carboxylic acids is 2. The first-order valence-electron chi connectivity index (χ1n) is 10.2. The summed E-state index contributed by atoms with van der Waals surface area (Å²) in [5.74, 6) is -3.09. The monoisotopic (exact) mass is 474 g/mol. The molecule has 1 unspecified atom stereocenters. The number of aliphatic hydroxyl groups is 1. The Balaban J connectivity index is 0.000000414. The first-order chi connectivity index (χ1) is 15.6. The van der Waals surface area contributed by atoms with Crippen molar-refractivity contribution in [1.29, 1.82) is 0 Å². The van der Waals surface area contributed by atoms with Crippen molar-refractivity contribution in [3.63, 3.8) is 0 Å². The van der Waals surface area contributed by atoms with E-state index in [-0.39, 0.29) is 4.90 Å². The van der Waals surface area contributed by atoms with Crippen LogP contribution in [-0.4, -0.2) is 69.3 Å². The number of sulfone groups is 1. The van der Waals surface area contributed by atoms with Gasteiger partial charge >= 0.3 is 0 Å². The minimum absolute atomic E-state index is 0.278. The van der Waals surface area contributed by atoms with Crippen LogP contribution in [-0.2, 0) is 19.4 Å². The van der Waals surface area contributed by atoms with Crippen molar-refractivity contribution < 1.29 is 33.3 Å². The van der Waals surface area contributed by atoms with Crippen LogP contribution in [0, 0.1) is 0 Å². The summed E-state index contributed by atoms with van der Waals surface area (Å²) < 4.78 is 23.0. The zero-order chi connectivity index (χ0) is 24.4. The number of hydrogen-bond donors (Lipinski definition) is 1. The number of carbonyl (C=O) groups is 2. The fourth-order valence-corrected chi connectivity index (χ4v) is 3.88. The Bertz CT molecular complexity index is 1030. The van der Waals surface area contributed by atoms with Crippen LogP contribution in [0.3, 0.4) is 0 Å². The summed E-state index contributed by atoms with van der Waals surface area (Å²) in [7, 11) is -3.20. The Kier molecular flexibility index (Phi) is 9.58. The lowest BCUT2D eigenvalue weighted by Crippen LogP contribution is -2.47. The molecule has 1 N–H and O–H groups in total. The summed E-state index contributed by atoms with van der Waals surface area (Å²) in [5.41, 5.74) is 1.98. The molecule has 0 saturated carbocycles. The minimum Gasteiger partial charge on any atom is -0.545 e. The quantitative estimate of drug-likeness (QED) is 0.500. The third kappa shape index (κ3) is 9.05. The van der Waals surface area contributed by atoms with Crippen molar-refractivity contribution in [1.82, 2.24) is 4.90 Å². The average Bonchev–Trinajstić information content (AvgIpc) is 2.79. The number of carbonyl (C=O) groups excluding carboxylic acids is 2. The summed E-state index contributed by atoms with van der Waals surface area (Å²) in [4.78, 5) is 23.7. The molecule has 9 nitrogen and oxygen atoms in total. The smallest absolute Gasteiger partial charge is 0.175 e. The van der Waals surface area contributed by atoms with Gasteiger partial charge in [-0.05, 0) is 42.0 Å². The third-order valence-electron chi connectivity index (χ3n) is 4.97. The van der Waals surface area contributed by atoms with E-state index in [0.29, 0.717) is 18.7 Å². The highest BCUT2D eigenvalue weighted by molar-refractivity contribution is 7.90. The molecule has 1 aliphatic heterocycles. The molecular formula is C23H26N2O7S-2. The summed E-state index contributed by atoms with van der Waals surface area (Å²) in [6.45, 7) is 4.22. The van der Waals surface area contributed by atoms with Crippen LogP contribution in [0.5, 0.6) is 0 Å². The van der Waals surface area contributed by atoms with E-state index in [0.717, 1.165) is 31.7 Å². The van der Waals surface area contributed by atoms with Crippen molar-refractivity contribution in [2.24, 2.45) is 0 Å². The largest absolute Gasteiger partial charge is 0.545 e. The van der Waals surface area contributed by atoms with E-state index >= 15 is 0 Å². The van der Waals surface area contributed by atoms with E-state index in [2.05, 4.69) is 21.9 Å². The number of carboxylic acid groups (broad SMARTS) is 2. The zero-order valence-electron chi connectivity index (χ0n) is 18.2. The molecule has 0 aromatic heterocycles. The van der Waals surface area contributed by atoms with Crippen LogP contribution in [0.25, 0.3) is 0 Å². The molecule has 1 atom stereocenters. The van der Waals surface area contributed by atoms with Crippen molar-refractivity contribution in [2.75, 3.05) is 43.9 Å². The van der Waals surface area contributed by atoms with Gasteiger partial charge in [-0.25, -0.2) is 8.42 Å². The normalized spacial score (nSPS) is 15.5. The predicted octanol–water partition coefficient (Wildman–Crippen LogP) is -1.01. The Morgan fingerprint density at radius 1 is 0.939 bits per heavy atom. The number of nitrogens with zero attached hydrogens (tertiary/aromatic N) is 2. The molecule has 0 spiro atoms. The molecule has 0 radical (unpaired) electrons. The van der Waals surface area contributed by atoms with Gasteiger partial charge in [0.1, 0.15) is 0 Å². The van der Waals surface area contributed by atoms with Gasteiger partial charge in [0.05, 0.1) is 22.9 Å². The maximum Gasteiger partial charge on any atom is 0.175 e. The molecule has 178 valence electrons. The lowest BCUT2D eigenvalue weighted by molar-refractivity contribution is -0.301. The molecule has 1 saturated heterocycles. The van der Waals surface area contributed by atoms with E-state index < -0.39 is 27.9 Å². The van der Waals surface area contributed by atoms with Crippen LogP contribution >= 0.6 is 0 Å². The van der Waals surface area contributed by atoms with Gasteiger partial charge in [0.25, 0.3) is 0 Å². The Morgan fingerprint density at radius 2 is 1.45 bits per heavy atom. The van der Waals surface area contributed by atoms with Crippen LogP contribution in [0.15, 0.2) is 71.6 Å². The molecule has 2 aromatic rings. The van der Waals surface area contributed by atoms with Gasteiger partial charge in [0, 0.05) is 44.7 Å². The second kappa shape index (κ2) is 12.1. The fraction of sp³-hybridized carbons (Fsp3) is 0.304. The second-order valence-corrected chi connectivity index (χ2v) is 9.47. The van der Waals surface area contributed by atoms with Crippen molar-refractivity contribution in [3.8, 4) is 0 Å². The van der Waals surface area contributed by atoms with Gasteiger partial charge in [-0.15, -0.1) is 0 Å². The van der Waals surface area contributed by atoms with Crippen molar-refractivity contribution in [3.05, 3.63) is 72.3 Å². The van der Waals surface area contributed by atoms with E-state index in [1.165, 1.54) is 11.9 Å². The number of rotatable bonds is 7. The van der Waals surface area contributed by atoms with E-state index in [1.54, 1.807) is 24.3 Å². The van der Waals surface area contributed by atoms with Gasteiger partial charge in [-0.3, -0.25) is 4.90 Å². The highest BCUT2D eigenvalue weighted by Gasteiger charge is 2.20. The number of aliphatic hydroxyl groups excluding tert-OH is 1. The Morgan fingerprint density at radius 3 is 1.91 bits per heavy atom. The molecule has 1 fully saturated rings. The molecule has 0 amide bonds. The number of anilines is 1. The molecule has 1 heterocycles. The summed E-state index contributed by atoms with van der Waals surface area (Å²) in [5, 5.41) is 29.3. The fourth-order valence-electron chi connectivity index (χ4n) is 3.25. The first-order valence-corrected chi connectivity index (χ1v) is 12.1. The topological polar surface area (TPSA) is 141 Å². The zero-order valence-corrected chi connectivity index (χ0v) is 19.0. The molecule has 0 bridgehead atoms. The first kappa shape index (κ1) is 26.0.